The summed E-state index contributed by atoms with van der Waals surface area (Å²) in [4.78, 5) is 4.51. The van der Waals surface area contributed by atoms with Crippen LogP contribution in [0.5, 0.6) is 11.5 Å². The minimum Gasteiger partial charge on any atom is -0.504 e. The lowest BCUT2D eigenvalue weighted by Gasteiger charge is -2.12. The van der Waals surface area contributed by atoms with E-state index in [0.717, 1.165) is 31.0 Å². The molecule has 22 heavy (non-hydrogen) atoms. The summed E-state index contributed by atoms with van der Waals surface area (Å²) in [7, 11) is 1.54. The van der Waals surface area contributed by atoms with Crippen LogP contribution >= 0.6 is 11.8 Å². The topological polar surface area (TPSA) is 65.9 Å². The molecule has 0 unspecified atom stereocenters. The van der Waals surface area contributed by atoms with Crippen LogP contribution in [0.1, 0.15) is 25.3 Å². The molecule has 0 saturated heterocycles. The highest BCUT2D eigenvalue weighted by Gasteiger charge is 2.07. The average molecular weight is 325 g/mol. The van der Waals surface area contributed by atoms with E-state index in [1.54, 1.807) is 13.2 Å². The Kier molecular flexibility index (Phi) is 9.30. The van der Waals surface area contributed by atoms with Crippen LogP contribution in [0.4, 0.5) is 0 Å². The Morgan fingerprint density at radius 2 is 2.14 bits per heavy atom. The molecule has 0 heterocycles. The molecule has 0 aliphatic rings. The summed E-state index contributed by atoms with van der Waals surface area (Å²) in [5.74, 6) is 2.59. The third-order valence-electron chi connectivity index (χ3n) is 3.12. The van der Waals surface area contributed by atoms with E-state index < -0.39 is 0 Å². The molecule has 0 atom stereocenters. The first kappa shape index (κ1) is 18.5. The molecule has 0 aliphatic carbocycles. The number of hydrogen-bond acceptors (Lipinski definition) is 4. The van der Waals surface area contributed by atoms with Crippen molar-refractivity contribution >= 4 is 17.7 Å². The summed E-state index contributed by atoms with van der Waals surface area (Å²) in [5, 5.41) is 16.6. The van der Waals surface area contributed by atoms with Crippen molar-refractivity contribution in [2.75, 3.05) is 32.2 Å². The monoisotopic (exact) mass is 325 g/mol. The summed E-state index contributed by atoms with van der Waals surface area (Å²) >= 11 is 1.87. The van der Waals surface area contributed by atoms with Crippen molar-refractivity contribution in [3.8, 4) is 11.5 Å². The first-order chi connectivity index (χ1) is 10.7. The number of guanidine groups is 1. The molecule has 0 bridgehead atoms. The van der Waals surface area contributed by atoms with Gasteiger partial charge in [-0.15, -0.1) is 0 Å². The Balaban J connectivity index is 2.58. The van der Waals surface area contributed by atoms with E-state index in [4.69, 9.17) is 4.74 Å². The van der Waals surface area contributed by atoms with E-state index in [2.05, 4.69) is 21.9 Å². The summed E-state index contributed by atoms with van der Waals surface area (Å²) in [5.41, 5.74) is 0.749. The van der Waals surface area contributed by atoms with Crippen LogP contribution in [0.3, 0.4) is 0 Å². The molecular formula is C16H27N3O2S. The Labute approximate surface area is 137 Å². The van der Waals surface area contributed by atoms with E-state index in [1.165, 1.54) is 12.2 Å². The molecule has 3 N–H and O–H groups in total. The van der Waals surface area contributed by atoms with Gasteiger partial charge in [0, 0.05) is 18.7 Å². The molecule has 1 rings (SSSR count). The molecule has 6 heteroatoms. The first-order valence-corrected chi connectivity index (χ1v) is 8.98. The predicted molar refractivity (Wildman–Crippen MR) is 95.1 cm³/mol. The van der Waals surface area contributed by atoms with E-state index in [9.17, 15) is 5.11 Å². The van der Waals surface area contributed by atoms with Crippen molar-refractivity contribution in [3.05, 3.63) is 23.8 Å². The Morgan fingerprint density at radius 3 is 2.82 bits per heavy atom. The predicted octanol–water partition coefficient (Wildman–Crippen LogP) is 2.60. The fourth-order valence-corrected chi connectivity index (χ4v) is 2.44. The van der Waals surface area contributed by atoms with E-state index in [0.29, 0.717) is 12.3 Å². The second kappa shape index (κ2) is 11.1. The maximum absolute atomic E-state index is 10.1. The maximum Gasteiger partial charge on any atom is 0.191 e. The number of benzene rings is 1. The quantitative estimate of drug-likeness (QED) is 0.370. The standard InChI is InChI=1S/C16H27N3O2S/c1-4-17-16(18-10-5-6-11-22-3)19-12-13-8-7-9-14(21-2)15(13)20/h7-9,20H,4-6,10-12H2,1-3H3,(H2,17,18,19). The van der Waals surface area contributed by atoms with Crippen LogP contribution in [-0.4, -0.2) is 43.3 Å². The molecular weight excluding hydrogens is 298 g/mol. The Bertz CT molecular complexity index is 467. The molecule has 0 aromatic heterocycles. The van der Waals surface area contributed by atoms with Crippen LogP contribution in [0.15, 0.2) is 23.2 Å². The number of nitrogens with zero attached hydrogens (tertiary/aromatic N) is 1. The average Bonchev–Trinajstić information content (AvgIpc) is 2.53. The summed E-state index contributed by atoms with van der Waals surface area (Å²) in [6, 6.07) is 5.44. The number of rotatable bonds is 9. The molecule has 0 spiro atoms. The zero-order chi connectivity index (χ0) is 16.2. The summed E-state index contributed by atoms with van der Waals surface area (Å²) in [6.45, 7) is 4.15. The van der Waals surface area contributed by atoms with Crippen molar-refractivity contribution in [2.24, 2.45) is 4.99 Å². The molecule has 0 saturated carbocycles. The maximum atomic E-state index is 10.1. The smallest absolute Gasteiger partial charge is 0.191 e. The zero-order valence-corrected chi connectivity index (χ0v) is 14.5. The number of phenolic OH excluding ortho intramolecular Hbond substituents is 1. The van der Waals surface area contributed by atoms with Crippen molar-refractivity contribution in [1.82, 2.24) is 10.6 Å². The van der Waals surface area contributed by atoms with Gasteiger partial charge in [-0.2, -0.15) is 11.8 Å². The number of thioether (sulfide) groups is 1. The van der Waals surface area contributed by atoms with E-state index in [-0.39, 0.29) is 5.75 Å². The van der Waals surface area contributed by atoms with Crippen molar-refractivity contribution in [2.45, 2.75) is 26.3 Å². The lowest BCUT2D eigenvalue weighted by molar-refractivity contribution is 0.370. The van der Waals surface area contributed by atoms with Crippen LogP contribution in [0.25, 0.3) is 0 Å². The molecule has 0 radical (unpaired) electrons. The van der Waals surface area contributed by atoms with Crippen LogP contribution in [-0.2, 0) is 6.54 Å². The van der Waals surface area contributed by atoms with Gasteiger partial charge in [-0.25, -0.2) is 4.99 Å². The van der Waals surface area contributed by atoms with Gasteiger partial charge in [0.2, 0.25) is 0 Å². The number of para-hydroxylation sites is 1. The minimum absolute atomic E-state index is 0.157. The van der Waals surface area contributed by atoms with E-state index >= 15 is 0 Å². The molecule has 0 fully saturated rings. The molecule has 0 aliphatic heterocycles. The van der Waals surface area contributed by atoms with E-state index in [1.807, 2.05) is 30.8 Å². The molecule has 124 valence electrons. The van der Waals surface area contributed by atoms with Gasteiger partial charge in [-0.05, 0) is 37.8 Å². The third kappa shape index (κ3) is 6.47. The summed E-state index contributed by atoms with van der Waals surface area (Å²) < 4.78 is 5.11. The molecule has 1 aromatic rings. The highest BCUT2D eigenvalue weighted by atomic mass is 32.2. The fraction of sp³-hybridized carbons (Fsp3) is 0.562. The van der Waals surface area contributed by atoms with Crippen molar-refractivity contribution in [3.63, 3.8) is 0 Å². The normalized spacial score (nSPS) is 11.3. The number of unbranched alkanes of at least 4 members (excludes halogenated alkanes) is 1. The number of aromatic hydroxyl groups is 1. The lowest BCUT2D eigenvalue weighted by atomic mass is 10.2. The SMILES string of the molecule is CCNC(=NCc1cccc(OC)c1O)NCCCCSC. The lowest BCUT2D eigenvalue weighted by Crippen LogP contribution is -2.37. The third-order valence-corrected chi connectivity index (χ3v) is 3.82. The highest BCUT2D eigenvalue weighted by Crippen LogP contribution is 2.29. The number of ether oxygens (including phenoxy) is 1. The largest absolute Gasteiger partial charge is 0.504 e. The molecule has 1 aromatic carbocycles. The van der Waals surface area contributed by atoms with Gasteiger partial charge >= 0.3 is 0 Å². The van der Waals surface area contributed by atoms with Crippen LogP contribution in [0, 0.1) is 0 Å². The van der Waals surface area contributed by atoms with Crippen LogP contribution in [0.2, 0.25) is 0 Å². The molecule has 5 nitrogen and oxygen atoms in total. The highest BCUT2D eigenvalue weighted by molar-refractivity contribution is 7.98. The van der Waals surface area contributed by atoms with Crippen molar-refractivity contribution in [1.29, 1.82) is 0 Å². The summed E-state index contributed by atoms with van der Waals surface area (Å²) in [6.07, 6.45) is 4.44. The number of phenols is 1. The van der Waals surface area contributed by atoms with Gasteiger partial charge in [0.05, 0.1) is 13.7 Å². The Hall–Kier alpha value is -1.56. The molecule has 0 amide bonds. The van der Waals surface area contributed by atoms with Gasteiger partial charge in [0.1, 0.15) is 0 Å². The van der Waals surface area contributed by atoms with Gasteiger partial charge in [0.15, 0.2) is 17.5 Å². The number of nitrogens with one attached hydrogen (secondary N) is 2. The minimum atomic E-state index is 0.157. The van der Waals surface area contributed by atoms with Crippen molar-refractivity contribution < 1.29 is 9.84 Å². The zero-order valence-electron chi connectivity index (χ0n) is 13.7. The van der Waals surface area contributed by atoms with Crippen LogP contribution < -0.4 is 15.4 Å². The van der Waals surface area contributed by atoms with Gasteiger partial charge in [0.25, 0.3) is 0 Å². The second-order valence-corrected chi connectivity index (χ2v) is 5.78. The fourth-order valence-electron chi connectivity index (χ4n) is 1.94. The van der Waals surface area contributed by atoms with Gasteiger partial charge in [-0.1, -0.05) is 12.1 Å². The second-order valence-electron chi connectivity index (χ2n) is 4.79. The number of methoxy groups -OCH3 is 1. The van der Waals surface area contributed by atoms with Gasteiger partial charge < -0.3 is 20.5 Å². The number of aliphatic imine (C=N–C) groups is 1. The van der Waals surface area contributed by atoms with Gasteiger partial charge in [-0.3, -0.25) is 0 Å². The number of hydrogen-bond donors (Lipinski definition) is 3. The first-order valence-electron chi connectivity index (χ1n) is 7.58. The Morgan fingerprint density at radius 1 is 1.32 bits per heavy atom.